The summed E-state index contributed by atoms with van der Waals surface area (Å²) in [6.45, 7) is 9.73. The number of Topliss-reactive ketones (excluding diaryl/α,β-unsaturated/α-hetero) is 2. The Morgan fingerprint density at radius 1 is 1.02 bits per heavy atom. The number of benzene rings is 1. The Balaban J connectivity index is 1.37. The molecule has 1 saturated carbocycles. The van der Waals surface area contributed by atoms with Crippen molar-refractivity contribution >= 4 is 52.5 Å². The molecule has 0 aromatic heterocycles. The maximum atomic E-state index is 14.7. The van der Waals surface area contributed by atoms with E-state index in [-0.39, 0.29) is 42.9 Å². The standard InChI is InChI=1S/C40H56ClN5O7/c1-6-11-30(34(49)37(51)45-17-16-27(23-45)18-25(2)47)42-36(50)32-22-40(21-31(44-53-40)28-14-10-15-29(41)20-28)24-46(32)38(52)35(39(3,4)5)43-33(48)19-26-12-8-7-9-13-26/h10,14-15,20,26-27,30,32,35H,6-9,11-13,16-19,21-24H2,1-5H3,(H,42,50)(H,43,48)/t27-,30-,32-,35+,40+/m0/s1. The van der Waals surface area contributed by atoms with Crippen LogP contribution in [0, 0.1) is 17.3 Å². The fourth-order valence-electron chi connectivity index (χ4n) is 8.36. The van der Waals surface area contributed by atoms with Crippen molar-refractivity contribution in [2.24, 2.45) is 22.4 Å². The van der Waals surface area contributed by atoms with Gasteiger partial charge < -0.3 is 30.1 Å². The Morgan fingerprint density at radius 3 is 2.42 bits per heavy atom. The summed E-state index contributed by atoms with van der Waals surface area (Å²) in [5.41, 5.74) is -0.335. The molecule has 4 aliphatic rings. The van der Waals surface area contributed by atoms with Crippen molar-refractivity contribution in [1.82, 2.24) is 20.4 Å². The van der Waals surface area contributed by atoms with E-state index < -0.39 is 52.6 Å². The number of carbonyl (C=O) groups excluding carboxylic acids is 6. The summed E-state index contributed by atoms with van der Waals surface area (Å²) in [5.74, 6) is -2.28. The van der Waals surface area contributed by atoms with Crippen LogP contribution in [0.2, 0.25) is 5.02 Å². The number of rotatable bonds is 13. The van der Waals surface area contributed by atoms with Crippen LogP contribution in [-0.2, 0) is 33.6 Å². The van der Waals surface area contributed by atoms with Gasteiger partial charge in [-0.1, -0.05) is 82.3 Å². The van der Waals surface area contributed by atoms with Gasteiger partial charge in [0.15, 0.2) is 5.60 Å². The number of carbonyl (C=O) groups is 6. The summed E-state index contributed by atoms with van der Waals surface area (Å²) in [5, 5.41) is 10.8. The van der Waals surface area contributed by atoms with Crippen molar-refractivity contribution in [2.75, 3.05) is 19.6 Å². The number of oxime groups is 1. The van der Waals surface area contributed by atoms with E-state index in [4.69, 9.17) is 16.4 Å². The fraction of sp³-hybridized carbons (Fsp3) is 0.675. The zero-order chi connectivity index (χ0) is 38.5. The largest absolute Gasteiger partial charge is 0.387 e. The van der Waals surface area contributed by atoms with Crippen LogP contribution in [0.1, 0.15) is 117 Å². The Labute approximate surface area is 318 Å². The summed E-state index contributed by atoms with van der Waals surface area (Å²) in [4.78, 5) is 90.2. The van der Waals surface area contributed by atoms with Crippen molar-refractivity contribution in [1.29, 1.82) is 0 Å². The van der Waals surface area contributed by atoms with Gasteiger partial charge in [-0.15, -0.1) is 0 Å². The highest BCUT2D eigenvalue weighted by molar-refractivity contribution is 6.38. The van der Waals surface area contributed by atoms with E-state index in [1.165, 1.54) is 23.1 Å². The molecule has 0 unspecified atom stereocenters. The van der Waals surface area contributed by atoms with Gasteiger partial charge in [-0.2, -0.15) is 0 Å². The molecule has 290 valence electrons. The lowest BCUT2D eigenvalue weighted by molar-refractivity contribution is -0.147. The fourth-order valence-corrected chi connectivity index (χ4v) is 8.55. The Bertz CT molecular complexity index is 1600. The van der Waals surface area contributed by atoms with Crippen LogP contribution in [0.15, 0.2) is 29.4 Å². The summed E-state index contributed by atoms with van der Waals surface area (Å²) in [7, 11) is 0. The molecule has 12 nitrogen and oxygen atoms in total. The number of hydrogen-bond acceptors (Lipinski definition) is 8. The first kappa shape index (κ1) is 40.4. The zero-order valence-corrected chi connectivity index (χ0v) is 32.6. The van der Waals surface area contributed by atoms with Gasteiger partial charge in [-0.3, -0.25) is 24.0 Å². The van der Waals surface area contributed by atoms with E-state index >= 15 is 0 Å². The van der Waals surface area contributed by atoms with E-state index in [1.54, 1.807) is 12.1 Å². The molecule has 53 heavy (non-hydrogen) atoms. The Hall–Kier alpha value is -3.80. The van der Waals surface area contributed by atoms with Gasteiger partial charge in [0.2, 0.25) is 23.5 Å². The molecule has 3 aliphatic heterocycles. The molecule has 3 heterocycles. The number of halogens is 1. The first-order valence-corrected chi connectivity index (χ1v) is 19.7. The number of likely N-dealkylation sites (tertiary alicyclic amines) is 2. The average molecular weight is 754 g/mol. The molecular formula is C40H56ClN5O7. The first-order valence-electron chi connectivity index (χ1n) is 19.3. The molecule has 3 fully saturated rings. The minimum absolute atomic E-state index is 0.00191. The molecule has 5 atom stereocenters. The van der Waals surface area contributed by atoms with E-state index in [9.17, 15) is 28.8 Å². The average Bonchev–Trinajstić information content (AvgIpc) is 3.85. The van der Waals surface area contributed by atoms with Crippen LogP contribution < -0.4 is 10.6 Å². The van der Waals surface area contributed by atoms with Gasteiger partial charge in [0.25, 0.3) is 5.91 Å². The molecule has 1 aromatic carbocycles. The van der Waals surface area contributed by atoms with Crippen LogP contribution in [0.3, 0.4) is 0 Å². The molecule has 1 aliphatic carbocycles. The highest BCUT2D eigenvalue weighted by atomic mass is 35.5. The maximum absolute atomic E-state index is 14.7. The molecule has 2 saturated heterocycles. The molecule has 5 rings (SSSR count). The molecule has 4 amide bonds. The SMILES string of the molecule is CCC[C@H](NC(=O)[C@@H]1C[C@]2(CC(c3cccc(Cl)c3)=NO2)CN1C(=O)[C@@H](NC(=O)CC1CCCCC1)C(C)(C)C)C(=O)C(=O)N1CC[C@@H](CC(C)=O)C1. The van der Waals surface area contributed by atoms with Crippen molar-refractivity contribution in [2.45, 2.75) is 135 Å². The lowest BCUT2D eigenvalue weighted by Crippen LogP contribution is -2.59. The summed E-state index contributed by atoms with van der Waals surface area (Å²) in [6, 6.07) is 4.12. The second-order valence-electron chi connectivity index (χ2n) is 16.8. The minimum Gasteiger partial charge on any atom is -0.387 e. The normalized spacial score (nSPS) is 24.4. The molecule has 13 heteroatoms. The second-order valence-corrected chi connectivity index (χ2v) is 17.2. The Morgan fingerprint density at radius 2 is 1.75 bits per heavy atom. The minimum atomic E-state index is -1.10. The topological polar surface area (TPSA) is 155 Å². The molecular weight excluding hydrogens is 698 g/mol. The molecule has 1 aromatic rings. The van der Waals surface area contributed by atoms with Crippen molar-refractivity contribution in [3.63, 3.8) is 0 Å². The summed E-state index contributed by atoms with van der Waals surface area (Å²) < 4.78 is 0. The smallest absolute Gasteiger partial charge is 0.292 e. The zero-order valence-electron chi connectivity index (χ0n) is 31.9. The molecule has 0 bridgehead atoms. The third-order valence-corrected chi connectivity index (χ3v) is 11.4. The van der Waals surface area contributed by atoms with Gasteiger partial charge >= 0.3 is 0 Å². The molecule has 0 radical (unpaired) electrons. The van der Waals surface area contributed by atoms with Gasteiger partial charge in [0.1, 0.15) is 17.9 Å². The lowest BCUT2D eigenvalue weighted by Gasteiger charge is -2.36. The van der Waals surface area contributed by atoms with Crippen molar-refractivity contribution in [3.05, 3.63) is 34.9 Å². The third kappa shape index (κ3) is 10.0. The van der Waals surface area contributed by atoms with Crippen LogP contribution in [-0.4, -0.2) is 94.1 Å². The number of nitrogens with one attached hydrogen (secondary N) is 2. The van der Waals surface area contributed by atoms with Crippen LogP contribution in [0.25, 0.3) is 0 Å². The third-order valence-electron chi connectivity index (χ3n) is 11.2. The predicted molar refractivity (Wildman–Crippen MR) is 201 cm³/mol. The van der Waals surface area contributed by atoms with E-state index in [1.807, 2.05) is 39.8 Å². The number of amides is 4. The van der Waals surface area contributed by atoms with Crippen molar-refractivity contribution < 1.29 is 33.6 Å². The van der Waals surface area contributed by atoms with Gasteiger partial charge in [-0.25, -0.2) is 0 Å². The van der Waals surface area contributed by atoms with Gasteiger partial charge in [-0.05, 0) is 62.0 Å². The summed E-state index contributed by atoms with van der Waals surface area (Å²) >= 11 is 6.27. The number of ketones is 2. The monoisotopic (exact) mass is 753 g/mol. The maximum Gasteiger partial charge on any atom is 0.292 e. The van der Waals surface area contributed by atoms with Crippen LogP contribution in [0.4, 0.5) is 0 Å². The second kappa shape index (κ2) is 17.1. The van der Waals surface area contributed by atoms with E-state index in [0.717, 1.165) is 31.2 Å². The van der Waals surface area contributed by atoms with Crippen LogP contribution in [0.5, 0.6) is 0 Å². The first-order chi connectivity index (χ1) is 25.1. The highest BCUT2D eigenvalue weighted by Crippen LogP contribution is 2.40. The molecule has 1 spiro atoms. The van der Waals surface area contributed by atoms with Gasteiger partial charge in [0, 0.05) is 49.4 Å². The Kier molecular flexibility index (Phi) is 13.0. The molecule has 2 N–H and O–H groups in total. The predicted octanol–water partition coefficient (Wildman–Crippen LogP) is 4.99. The summed E-state index contributed by atoms with van der Waals surface area (Å²) in [6.07, 6.45) is 7.81. The quantitative estimate of drug-likeness (QED) is 0.269. The number of nitrogens with zero attached hydrogens (tertiary/aromatic N) is 3. The number of hydrogen-bond donors (Lipinski definition) is 2. The van der Waals surface area contributed by atoms with Crippen molar-refractivity contribution in [3.8, 4) is 0 Å². The van der Waals surface area contributed by atoms with Crippen LogP contribution >= 0.6 is 11.6 Å². The van der Waals surface area contributed by atoms with E-state index in [2.05, 4.69) is 15.8 Å². The lowest BCUT2D eigenvalue weighted by atomic mass is 9.84. The highest BCUT2D eigenvalue weighted by Gasteiger charge is 2.56. The van der Waals surface area contributed by atoms with Gasteiger partial charge in [0.05, 0.1) is 18.3 Å². The van der Waals surface area contributed by atoms with E-state index in [0.29, 0.717) is 55.9 Å².